The Morgan fingerprint density at radius 1 is 1.17 bits per heavy atom. The number of rotatable bonds is 5. The number of benzene rings is 2. The molecule has 1 aromatic heterocycles. The van der Waals surface area contributed by atoms with Crippen LogP contribution in [-0.4, -0.2) is 87.8 Å². The van der Waals surface area contributed by atoms with Crippen LogP contribution in [0.1, 0.15) is 45.7 Å². The second-order valence-electron chi connectivity index (χ2n) is 12.4. The third-order valence-electron chi connectivity index (χ3n) is 7.40. The van der Waals surface area contributed by atoms with Gasteiger partial charge in [0, 0.05) is 24.9 Å². The van der Waals surface area contributed by atoms with Crippen molar-refractivity contribution in [3.8, 4) is 11.4 Å². The van der Waals surface area contributed by atoms with Gasteiger partial charge in [0.15, 0.2) is 9.84 Å². The zero-order chi connectivity index (χ0) is 34.5. The minimum atomic E-state index is -4.42. The first-order valence-electron chi connectivity index (χ1n) is 14.4. The normalized spacial score (nSPS) is 20.7. The van der Waals surface area contributed by atoms with E-state index in [-0.39, 0.29) is 30.2 Å². The van der Waals surface area contributed by atoms with Crippen LogP contribution in [0, 0.1) is 5.82 Å². The number of carbonyl (C=O) groups excluding carboxylic acids is 3. The number of piperidine rings is 1. The molecule has 0 aliphatic carbocycles. The van der Waals surface area contributed by atoms with Crippen molar-refractivity contribution in [2.45, 2.75) is 69.2 Å². The van der Waals surface area contributed by atoms with E-state index in [0.717, 1.165) is 27.6 Å². The SMILES string of the molecule is CC(=O)N1CC(n2nnc(-c3cc4c(cc3F)S(=O)(=O)C[C@H](NC(=O)OC(C)(C)C)C(=O)N4Cc3ccc(Cl)cc3)n2)CC(F)(F)C1. The summed E-state index contributed by atoms with van der Waals surface area (Å²) in [5, 5.41) is 14.5. The lowest BCUT2D eigenvalue weighted by molar-refractivity contribution is -0.143. The summed E-state index contributed by atoms with van der Waals surface area (Å²) in [6.07, 6.45) is -1.74. The Kier molecular flexibility index (Phi) is 9.00. The molecule has 2 aliphatic heterocycles. The van der Waals surface area contributed by atoms with Crippen LogP contribution in [-0.2, 0) is 30.7 Å². The number of sulfone groups is 1. The van der Waals surface area contributed by atoms with E-state index >= 15 is 4.39 Å². The maximum absolute atomic E-state index is 15.7. The van der Waals surface area contributed by atoms with Gasteiger partial charge < -0.3 is 19.9 Å². The number of fused-ring (bicyclic) bond motifs is 1. The van der Waals surface area contributed by atoms with Crippen LogP contribution in [0.2, 0.25) is 5.02 Å². The number of hydrogen-bond donors (Lipinski definition) is 1. The fourth-order valence-electron chi connectivity index (χ4n) is 5.31. The molecule has 0 spiro atoms. The molecular weight excluding hydrogens is 667 g/mol. The number of nitrogens with zero attached hydrogens (tertiary/aromatic N) is 6. The van der Waals surface area contributed by atoms with Crippen LogP contribution in [0.15, 0.2) is 41.3 Å². The monoisotopic (exact) mass is 697 g/mol. The van der Waals surface area contributed by atoms with E-state index in [4.69, 9.17) is 16.3 Å². The quantitative estimate of drug-likeness (QED) is 0.419. The van der Waals surface area contributed by atoms with Gasteiger partial charge in [0.05, 0.1) is 41.0 Å². The van der Waals surface area contributed by atoms with Crippen molar-refractivity contribution in [3.63, 3.8) is 0 Å². The van der Waals surface area contributed by atoms with Crippen LogP contribution in [0.3, 0.4) is 0 Å². The number of nitrogens with one attached hydrogen (secondary N) is 1. The third kappa shape index (κ3) is 7.67. The summed E-state index contributed by atoms with van der Waals surface area (Å²) in [5.41, 5.74) is -1.04. The fraction of sp³-hybridized carbons (Fsp3) is 0.448. The lowest BCUT2D eigenvalue weighted by Crippen LogP contribution is -2.51. The summed E-state index contributed by atoms with van der Waals surface area (Å²) in [4.78, 5) is 40.8. The largest absolute Gasteiger partial charge is 0.444 e. The molecule has 3 heterocycles. The van der Waals surface area contributed by atoms with Gasteiger partial charge in [-0.05, 0) is 55.8 Å². The second-order valence-corrected chi connectivity index (χ2v) is 14.8. The number of carbonyl (C=O) groups is 3. The zero-order valence-corrected chi connectivity index (χ0v) is 27.3. The highest BCUT2D eigenvalue weighted by atomic mass is 35.5. The summed E-state index contributed by atoms with van der Waals surface area (Å²) < 4.78 is 77.0. The third-order valence-corrected chi connectivity index (χ3v) is 9.42. The molecule has 2 aliphatic rings. The Balaban J connectivity index is 1.57. The average Bonchev–Trinajstić information content (AvgIpc) is 3.42. The first-order valence-corrected chi connectivity index (χ1v) is 16.4. The van der Waals surface area contributed by atoms with Gasteiger partial charge >= 0.3 is 6.09 Å². The molecule has 18 heteroatoms. The molecule has 1 unspecified atom stereocenters. The molecule has 2 aromatic carbocycles. The Labute approximate surface area is 272 Å². The first kappa shape index (κ1) is 34.1. The van der Waals surface area contributed by atoms with Crippen molar-refractivity contribution in [1.82, 2.24) is 30.4 Å². The van der Waals surface area contributed by atoms with Crippen molar-refractivity contribution in [2.75, 3.05) is 23.7 Å². The van der Waals surface area contributed by atoms with Gasteiger partial charge in [0.2, 0.25) is 11.7 Å². The summed E-state index contributed by atoms with van der Waals surface area (Å²) in [6, 6.07) is 5.41. The van der Waals surface area contributed by atoms with Crippen LogP contribution >= 0.6 is 11.6 Å². The Morgan fingerprint density at radius 2 is 1.85 bits per heavy atom. The van der Waals surface area contributed by atoms with E-state index in [9.17, 15) is 31.6 Å². The number of amides is 3. The molecule has 1 N–H and O–H groups in total. The van der Waals surface area contributed by atoms with Gasteiger partial charge in [-0.3, -0.25) is 9.59 Å². The van der Waals surface area contributed by atoms with E-state index < -0.39 is 80.8 Å². The van der Waals surface area contributed by atoms with Gasteiger partial charge in [-0.1, -0.05) is 23.7 Å². The fourth-order valence-corrected chi connectivity index (χ4v) is 7.05. The van der Waals surface area contributed by atoms with Gasteiger partial charge in [-0.2, -0.15) is 4.80 Å². The number of halogens is 4. The minimum Gasteiger partial charge on any atom is -0.444 e. The molecule has 3 aromatic rings. The number of alkyl halides is 2. The van der Waals surface area contributed by atoms with Gasteiger partial charge in [-0.15, -0.1) is 10.2 Å². The van der Waals surface area contributed by atoms with Crippen molar-refractivity contribution in [1.29, 1.82) is 0 Å². The minimum absolute atomic E-state index is 0.138. The average molecular weight is 698 g/mol. The highest BCUT2D eigenvalue weighted by Crippen LogP contribution is 2.37. The standard InChI is InChI=1S/C29H31ClF3N7O6S/c1-16(41)38-13-19(11-29(32,33)15-38)40-36-25(35-37-40)20-9-23-24(10-21(20)31)47(44,45)14-22(34-27(43)46-28(2,3)4)26(42)39(23)12-17-5-7-18(30)8-6-17/h5-10,19,22H,11-15H2,1-4H3,(H,34,43)/t19?,22-/m0/s1. The van der Waals surface area contributed by atoms with Crippen LogP contribution < -0.4 is 10.2 Å². The first-order chi connectivity index (χ1) is 21.8. The molecule has 1 fully saturated rings. The molecule has 1 saturated heterocycles. The summed E-state index contributed by atoms with van der Waals surface area (Å²) >= 11 is 6.02. The molecule has 13 nitrogen and oxygen atoms in total. The predicted molar refractivity (Wildman–Crippen MR) is 162 cm³/mol. The summed E-state index contributed by atoms with van der Waals surface area (Å²) in [6.45, 7) is 4.81. The van der Waals surface area contributed by atoms with E-state index in [1.165, 1.54) is 0 Å². The van der Waals surface area contributed by atoms with E-state index in [2.05, 4.69) is 20.7 Å². The summed E-state index contributed by atoms with van der Waals surface area (Å²) in [5.74, 6) is -7.02. The Bertz CT molecular complexity index is 1830. The number of likely N-dealkylation sites (tertiary alicyclic amines) is 1. The van der Waals surface area contributed by atoms with Gasteiger partial charge in [0.1, 0.15) is 17.5 Å². The van der Waals surface area contributed by atoms with E-state index in [1.807, 2.05) is 0 Å². The number of hydrogen-bond acceptors (Lipinski definition) is 9. The van der Waals surface area contributed by atoms with Crippen LogP contribution in [0.5, 0.6) is 0 Å². The molecule has 47 heavy (non-hydrogen) atoms. The predicted octanol–water partition coefficient (Wildman–Crippen LogP) is 3.78. The maximum atomic E-state index is 15.7. The van der Waals surface area contributed by atoms with Crippen molar-refractivity contribution >= 4 is 45.0 Å². The molecule has 252 valence electrons. The lowest BCUT2D eigenvalue weighted by atomic mass is 10.0. The van der Waals surface area contributed by atoms with Crippen molar-refractivity contribution < 1.29 is 40.7 Å². The smallest absolute Gasteiger partial charge is 0.408 e. The number of ether oxygens (including phenoxy) is 1. The number of alkyl carbamates (subject to hydrolysis) is 1. The van der Waals surface area contributed by atoms with Crippen molar-refractivity contribution in [3.05, 3.63) is 52.8 Å². The van der Waals surface area contributed by atoms with Crippen LogP contribution in [0.4, 0.5) is 23.7 Å². The van der Waals surface area contributed by atoms with Crippen molar-refractivity contribution in [2.24, 2.45) is 0 Å². The van der Waals surface area contributed by atoms with Gasteiger partial charge in [0.25, 0.3) is 11.8 Å². The van der Waals surface area contributed by atoms with Crippen LogP contribution in [0.25, 0.3) is 11.4 Å². The maximum Gasteiger partial charge on any atom is 0.408 e. The molecule has 5 rings (SSSR count). The molecule has 0 saturated carbocycles. The van der Waals surface area contributed by atoms with E-state index in [0.29, 0.717) is 16.7 Å². The number of aromatic nitrogens is 4. The molecule has 3 amide bonds. The highest BCUT2D eigenvalue weighted by molar-refractivity contribution is 7.91. The molecule has 0 radical (unpaired) electrons. The Morgan fingerprint density at radius 3 is 2.49 bits per heavy atom. The Hall–Kier alpha value is -4.25. The van der Waals surface area contributed by atoms with Gasteiger partial charge in [-0.25, -0.2) is 26.4 Å². The zero-order valence-electron chi connectivity index (χ0n) is 25.7. The number of tetrazole rings is 1. The molecule has 0 bridgehead atoms. The number of anilines is 1. The molecule has 2 atom stereocenters. The topological polar surface area (TPSA) is 157 Å². The highest BCUT2D eigenvalue weighted by Gasteiger charge is 2.44. The summed E-state index contributed by atoms with van der Waals surface area (Å²) in [7, 11) is -4.42. The lowest BCUT2D eigenvalue weighted by Gasteiger charge is -2.36. The molecular formula is C29H31ClF3N7O6S. The second kappa shape index (κ2) is 12.4. The van der Waals surface area contributed by atoms with E-state index in [1.54, 1.807) is 45.0 Å².